The van der Waals surface area contributed by atoms with Crippen molar-refractivity contribution in [3.05, 3.63) is 24.2 Å². The van der Waals surface area contributed by atoms with Gasteiger partial charge in [-0.05, 0) is 36.3 Å². The van der Waals surface area contributed by atoms with Crippen molar-refractivity contribution >= 4 is 12.6 Å². The van der Waals surface area contributed by atoms with Crippen LogP contribution in [-0.2, 0) is 6.54 Å². The van der Waals surface area contributed by atoms with Gasteiger partial charge >= 0.3 is 0 Å². The molecule has 1 aromatic rings. The highest BCUT2D eigenvalue weighted by Gasteiger charge is 2.24. The summed E-state index contributed by atoms with van der Waals surface area (Å²) in [6.07, 6.45) is 1.73. The molecule has 3 heteroatoms. The molecular formula is C13H23NOS. The Balaban J connectivity index is 2.46. The van der Waals surface area contributed by atoms with Gasteiger partial charge in [-0.15, -0.1) is 0 Å². The fourth-order valence-electron chi connectivity index (χ4n) is 1.71. The van der Waals surface area contributed by atoms with Gasteiger partial charge in [0.2, 0.25) is 0 Å². The van der Waals surface area contributed by atoms with Gasteiger partial charge in [0.1, 0.15) is 5.76 Å². The van der Waals surface area contributed by atoms with Crippen molar-refractivity contribution in [3.8, 4) is 0 Å². The second-order valence-electron chi connectivity index (χ2n) is 5.52. The Morgan fingerprint density at radius 3 is 2.56 bits per heavy atom. The number of hydrogen-bond donors (Lipinski definition) is 1. The van der Waals surface area contributed by atoms with Crippen molar-refractivity contribution in [2.24, 2.45) is 11.3 Å². The SMILES string of the molecule is CN(Cc1ccco1)CC(CS)C(C)(C)C. The van der Waals surface area contributed by atoms with Gasteiger partial charge in [0, 0.05) is 6.54 Å². The zero-order valence-corrected chi connectivity index (χ0v) is 11.6. The Bertz CT molecular complexity index is 289. The van der Waals surface area contributed by atoms with Crippen LogP contribution in [0.25, 0.3) is 0 Å². The van der Waals surface area contributed by atoms with E-state index in [9.17, 15) is 0 Å². The molecule has 0 N–H and O–H groups in total. The minimum Gasteiger partial charge on any atom is -0.468 e. The van der Waals surface area contributed by atoms with E-state index in [0.717, 1.165) is 24.6 Å². The summed E-state index contributed by atoms with van der Waals surface area (Å²) in [6.45, 7) is 8.74. The largest absolute Gasteiger partial charge is 0.468 e. The molecule has 0 saturated heterocycles. The summed E-state index contributed by atoms with van der Waals surface area (Å²) >= 11 is 4.45. The molecule has 0 aliphatic rings. The molecule has 1 aromatic heterocycles. The standard InChI is InChI=1S/C13H23NOS/c1-13(2,3)11(10-16)8-14(4)9-12-6-5-7-15-12/h5-7,11,16H,8-10H2,1-4H3. The van der Waals surface area contributed by atoms with E-state index < -0.39 is 0 Å². The van der Waals surface area contributed by atoms with E-state index in [1.807, 2.05) is 12.1 Å². The van der Waals surface area contributed by atoms with E-state index in [0.29, 0.717) is 11.3 Å². The average molecular weight is 241 g/mol. The van der Waals surface area contributed by atoms with Crippen LogP contribution in [0.5, 0.6) is 0 Å². The summed E-state index contributed by atoms with van der Waals surface area (Å²) in [4.78, 5) is 2.30. The predicted molar refractivity (Wildman–Crippen MR) is 71.8 cm³/mol. The van der Waals surface area contributed by atoms with Crippen LogP contribution in [0.15, 0.2) is 22.8 Å². The van der Waals surface area contributed by atoms with Gasteiger partial charge < -0.3 is 4.42 Å². The molecule has 92 valence electrons. The Labute approximate surface area is 104 Å². The van der Waals surface area contributed by atoms with E-state index in [1.54, 1.807) is 6.26 Å². The third-order valence-electron chi connectivity index (χ3n) is 2.98. The molecule has 2 nitrogen and oxygen atoms in total. The zero-order chi connectivity index (χ0) is 12.2. The fraction of sp³-hybridized carbons (Fsp3) is 0.692. The van der Waals surface area contributed by atoms with E-state index in [2.05, 4.69) is 45.3 Å². The second-order valence-corrected chi connectivity index (χ2v) is 5.89. The van der Waals surface area contributed by atoms with Gasteiger partial charge in [0.25, 0.3) is 0 Å². The van der Waals surface area contributed by atoms with E-state index >= 15 is 0 Å². The van der Waals surface area contributed by atoms with Gasteiger partial charge in [-0.1, -0.05) is 20.8 Å². The molecule has 0 spiro atoms. The molecule has 1 atom stereocenters. The Morgan fingerprint density at radius 2 is 2.12 bits per heavy atom. The summed E-state index contributed by atoms with van der Waals surface area (Å²) in [5.74, 6) is 2.54. The molecular weight excluding hydrogens is 218 g/mol. The van der Waals surface area contributed by atoms with Crippen molar-refractivity contribution in [1.29, 1.82) is 0 Å². The highest BCUT2D eigenvalue weighted by molar-refractivity contribution is 7.80. The van der Waals surface area contributed by atoms with Crippen LogP contribution in [-0.4, -0.2) is 24.2 Å². The molecule has 0 aliphatic heterocycles. The lowest BCUT2D eigenvalue weighted by Crippen LogP contribution is -2.34. The molecule has 0 saturated carbocycles. The number of nitrogens with zero attached hydrogens (tertiary/aromatic N) is 1. The van der Waals surface area contributed by atoms with Crippen LogP contribution in [0.1, 0.15) is 26.5 Å². The molecule has 0 bridgehead atoms. The highest BCUT2D eigenvalue weighted by atomic mass is 32.1. The maximum absolute atomic E-state index is 5.34. The minimum absolute atomic E-state index is 0.305. The maximum Gasteiger partial charge on any atom is 0.117 e. The van der Waals surface area contributed by atoms with Crippen molar-refractivity contribution in [2.45, 2.75) is 27.3 Å². The lowest BCUT2D eigenvalue weighted by Gasteiger charge is -2.32. The highest BCUT2D eigenvalue weighted by Crippen LogP contribution is 2.27. The summed E-state index contributed by atoms with van der Waals surface area (Å²) < 4.78 is 5.34. The molecule has 0 aromatic carbocycles. The molecule has 0 radical (unpaired) electrons. The zero-order valence-electron chi connectivity index (χ0n) is 10.7. The van der Waals surface area contributed by atoms with Crippen LogP contribution in [0.4, 0.5) is 0 Å². The Hall–Kier alpha value is -0.410. The van der Waals surface area contributed by atoms with Crippen molar-refractivity contribution in [3.63, 3.8) is 0 Å². The first-order valence-corrected chi connectivity index (χ1v) is 6.38. The normalized spacial score (nSPS) is 14.4. The van der Waals surface area contributed by atoms with Gasteiger partial charge in [-0.2, -0.15) is 12.6 Å². The molecule has 1 rings (SSSR count). The Kier molecular flexibility index (Phi) is 4.93. The van der Waals surface area contributed by atoms with Crippen LogP contribution in [0.2, 0.25) is 0 Å². The van der Waals surface area contributed by atoms with Crippen LogP contribution < -0.4 is 0 Å². The van der Waals surface area contributed by atoms with Crippen LogP contribution in [0.3, 0.4) is 0 Å². The predicted octanol–water partition coefficient (Wildman–Crippen LogP) is 3.30. The molecule has 0 fully saturated rings. The number of hydrogen-bond acceptors (Lipinski definition) is 3. The first-order valence-electron chi connectivity index (χ1n) is 5.75. The molecule has 1 heterocycles. The molecule has 1 unspecified atom stereocenters. The van der Waals surface area contributed by atoms with Crippen molar-refractivity contribution < 1.29 is 4.42 Å². The lowest BCUT2D eigenvalue weighted by atomic mass is 9.81. The first kappa shape index (κ1) is 13.7. The third kappa shape index (κ3) is 4.22. The quantitative estimate of drug-likeness (QED) is 0.796. The molecule has 0 aliphatic carbocycles. The van der Waals surface area contributed by atoms with Gasteiger partial charge in [-0.3, -0.25) is 4.90 Å². The first-order chi connectivity index (χ1) is 7.43. The van der Waals surface area contributed by atoms with E-state index in [1.165, 1.54) is 0 Å². The van der Waals surface area contributed by atoms with Gasteiger partial charge in [0.15, 0.2) is 0 Å². The van der Waals surface area contributed by atoms with Crippen LogP contribution in [0, 0.1) is 11.3 Å². The average Bonchev–Trinajstić information content (AvgIpc) is 2.64. The monoisotopic (exact) mass is 241 g/mol. The Morgan fingerprint density at radius 1 is 1.44 bits per heavy atom. The van der Waals surface area contributed by atoms with Crippen molar-refractivity contribution in [2.75, 3.05) is 19.3 Å². The fourth-order valence-corrected chi connectivity index (χ4v) is 2.38. The lowest BCUT2D eigenvalue weighted by molar-refractivity contribution is 0.176. The molecule has 16 heavy (non-hydrogen) atoms. The van der Waals surface area contributed by atoms with Gasteiger partial charge in [0.05, 0.1) is 12.8 Å². The van der Waals surface area contributed by atoms with Crippen molar-refractivity contribution in [1.82, 2.24) is 4.90 Å². The summed E-state index contributed by atoms with van der Waals surface area (Å²) in [7, 11) is 2.13. The third-order valence-corrected chi connectivity index (χ3v) is 3.42. The van der Waals surface area contributed by atoms with E-state index in [4.69, 9.17) is 4.42 Å². The number of thiol groups is 1. The smallest absolute Gasteiger partial charge is 0.117 e. The number of rotatable bonds is 5. The summed E-state index contributed by atoms with van der Waals surface area (Å²) in [6, 6.07) is 3.95. The topological polar surface area (TPSA) is 16.4 Å². The van der Waals surface area contributed by atoms with Crippen LogP contribution >= 0.6 is 12.6 Å². The summed E-state index contributed by atoms with van der Waals surface area (Å²) in [5.41, 5.74) is 0.305. The maximum atomic E-state index is 5.34. The second kappa shape index (κ2) is 5.78. The molecule has 0 amide bonds. The summed E-state index contributed by atoms with van der Waals surface area (Å²) in [5, 5.41) is 0. The van der Waals surface area contributed by atoms with E-state index in [-0.39, 0.29) is 0 Å². The van der Waals surface area contributed by atoms with Gasteiger partial charge in [-0.25, -0.2) is 0 Å². The minimum atomic E-state index is 0.305. The number of furan rings is 1.